The Morgan fingerprint density at radius 1 is 0.875 bits per heavy atom. The first-order valence-corrected chi connectivity index (χ1v) is 7.77. The molecule has 1 N–H and O–H groups in total. The fourth-order valence-corrected chi connectivity index (χ4v) is 3.04. The molecule has 1 saturated heterocycles. The second-order valence-corrected chi connectivity index (χ2v) is 5.79. The van der Waals surface area contributed by atoms with E-state index >= 15 is 0 Å². The molecule has 0 unspecified atom stereocenters. The Kier molecular flexibility index (Phi) is 4.76. The Balaban J connectivity index is 1.70. The Hall–Kier alpha value is -2.47. The van der Waals surface area contributed by atoms with Gasteiger partial charge >= 0.3 is 5.97 Å². The highest BCUT2D eigenvalue weighted by atomic mass is 19.1. The summed E-state index contributed by atoms with van der Waals surface area (Å²) in [5.74, 6) is -1.61. The number of anilines is 1. The van der Waals surface area contributed by atoms with Crippen molar-refractivity contribution in [3.05, 3.63) is 65.7 Å². The van der Waals surface area contributed by atoms with E-state index in [1.807, 2.05) is 4.90 Å². The Labute approximate surface area is 138 Å². The van der Waals surface area contributed by atoms with Gasteiger partial charge in [0.05, 0.1) is 0 Å². The number of nitrogens with zero attached hydrogens (tertiary/aromatic N) is 2. The molecule has 2 aromatic rings. The molecule has 0 saturated carbocycles. The van der Waals surface area contributed by atoms with Gasteiger partial charge in [-0.25, -0.2) is 8.78 Å². The highest BCUT2D eigenvalue weighted by molar-refractivity contribution is 5.75. The highest BCUT2D eigenvalue weighted by Crippen LogP contribution is 2.25. The molecule has 24 heavy (non-hydrogen) atoms. The predicted molar refractivity (Wildman–Crippen MR) is 87.0 cm³/mol. The van der Waals surface area contributed by atoms with E-state index < -0.39 is 12.0 Å². The van der Waals surface area contributed by atoms with Crippen molar-refractivity contribution in [3.8, 4) is 0 Å². The first-order valence-electron chi connectivity index (χ1n) is 7.77. The third-order valence-corrected chi connectivity index (χ3v) is 4.29. The zero-order valence-electron chi connectivity index (χ0n) is 13.0. The number of aliphatic carboxylic acids is 1. The zero-order valence-corrected chi connectivity index (χ0v) is 13.0. The standard InChI is InChI=1S/C18H18F2N2O2/c19-14-3-1-13(2-4-14)17(18(23)24)22-11-9-21(10-12-22)16-7-5-15(20)6-8-16/h1-8,17H,9-12H2,(H,23,24)/t17-/m0/s1. The Morgan fingerprint density at radius 2 is 1.38 bits per heavy atom. The molecule has 0 amide bonds. The minimum atomic E-state index is -0.947. The maximum absolute atomic E-state index is 13.1. The van der Waals surface area contributed by atoms with E-state index in [0.717, 1.165) is 5.69 Å². The molecule has 6 heteroatoms. The summed E-state index contributed by atoms with van der Waals surface area (Å²) in [6, 6.07) is 11.1. The zero-order chi connectivity index (χ0) is 17.1. The van der Waals surface area contributed by atoms with Gasteiger partial charge in [-0.2, -0.15) is 0 Å². The molecule has 1 fully saturated rings. The van der Waals surface area contributed by atoms with Crippen molar-refractivity contribution in [2.75, 3.05) is 31.1 Å². The molecular weight excluding hydrogens is 314 g/mol. The van der Waals surface area contributed by atoms with Gasteiger partial charge in [-0.15, -0.1) is 0 Å². The fraction of sp³-hybridized carbons (Fsp3) is 0.278. The first-order chi connectivity index (χ1) is 11.5. The maximum Gasteiger partial charge on any atom is 0.325 e. The van der Waals surface area contributed by atoms with Crippen molar-refractivity contribution in [1.82, 2.24) is 4.90 Å². The van der Waals surface area contributed by atoms with E-state index in [1.54, 1.807) is 12.1 Å². The quantitative estimate of drug-likeness (QED) is 0.935. The van der Waals surface area contributed by atoms with Crippen LogP contribution in [0, 0.1) is 11.6 Å². The summed E-state index contributed by atoms with van der Waals surface area (Å²) < 4.78 is 26.1. The van der Waals surface area contributed by atoms with Gasteiger partial charge in [0.2, 0.25) is 0 Å². The SMILES string of the molecule is O=C(O)[C@H](c1ccc(F)cc1)N1CCN(c2ccc(F)cc2)CC1. The molecule has 126 valence electrons. The van der Waals surface area contributed by atoms with Crippen LogP contribution in [0.15, 0.2) is 48.5 Å². The van der Waals surface area contributed by atoms with E-state index in [0.29, 0.717) is 31.7 Å². The summed E-state index contributed by atoms with van der Waals surface area (Å²) in [4.78, 5) is 15.6. The molecule has 3 rings (SSSR count). The van der Waals surface area contributed by atoms with Gasteiger partial charge < -0.3 is 10.0 Å². The molecule has 1 aliphatic rings. The molecule has 1 atom stereocenters. The van der Waals surface area contributed by atoms with Crippen molar-refractivity contribution < 1.29 is 18.7 Å². The van der Waals surface area contributed by atoms with Crippen LogP contribution in [0.5, 0.6) is 0 Å². The number of hydrogen-bond acceptors (Lipinski definition) is 3. The lowest BCUT2D eigenvalue weighted by molar-refractivity contribution is -0.143. The summed E-state index contributed by atoms with van der Waals surface area (Å²) in [6.07, 6.45) is 0. The predicted octanol–water partition coefficient (Wildman–Crippen LogP) is 2.91. The van der Waals surface area contributed by atoms with Crippen molar-refractivity contribution in [2.24, 2.45) is 0 Å². The minimum absolute atomic E-state index is 0.278. The summed E-state index contributed by atoms with van der Waals surface area (Å²) >= 11 is 0. The number of halogens is 2. The van der Waals surface area contributed by atoms with Crippen LogP contribution in [0.1, 0.15) is 11.6 Å². The van der Waals surface area contributed by atoms with E-state index in [1.165, 1.54) is 36.4 Å². The molecule has 2 aromatic carbocycles. The summed E-state index contributed by atoms with van der Waals surface area (Å²) in [5, 5.41) is 9.57. The lowest BCUT2D eigenvalue weighted by Gasteiger charge is -2.38. The fourth-order valence-electron chi connectivity index (χ4n) is 3.04. The first kappa shape index (κ1) is 16.4. The number of piperazine rings is 1. The minimum Gasteiger partial charge on any atom is -0.480 e. The van der Waals surface area contributed by atoms with Crippen molar-refractivity contribution in [3.63, 3.8) is 0 Å². The normalized spacial score (nSPS) is 16.8. The van der Waals surface area contributed by atoms with Gasteiger partial charge in [-0.05, 0) is 42.0 Å². The van der Waals surface area contributed by atoms with Crippen molar-refractivity contribution in [1.29, 1.82) is 0 Å². The van der Waals surface area contributed by atoms with Gasteiger partial charge in [0, 0.05) is 31.9 Å². The molecule has 1 aliphatic heterocycles. The van der Waals surface area contributed by atoms with E-state index in [2.05, 4.69) is 4.90 Å². The van der Waals surface area contributed by atoms with Crippen molar-refractivity contribution in [2.45, 2.75) is 6.04 Å². The third kappa shape index (κ3) is 3.54. The molecule has 0 bridgehead atoms. The number of hydrogen-bond donors (Lipinski definition) is 1. The lowest BCUT2D eigenvalue weighted by Crippen LogP contribution is -2.49. The molecule has 0 spiro atoms. The van der Waals surface area contributed by atoms with Crippen LogP contribution < -0.4 is 4.90 Å². The summed E-state index contributed by atoms with van der Waals surface area (Å²) in [7, 11) is 0. The van der Waals surface area contributed by atoms with Crippen LogP contribution in [0.4, 0.5) is 14.5 Å². The van der Waals surface area contributed by atoms with Gasteiger partial charge in [0.25, 0.3) is 0 Å². The largest absolute Gasteiger partial charge is 0.480 e. The number of benzene rings is 2. The average Bonchev–Trinajstić information content (AvgIpc) is 2.58. The molecule has 0 aliphatic carbocycles. The van der Waals surface area contributed by atoms with E-state index in [-0.39, 0.29) is 11.6 Å². The topological polar surface area (TPSA) is 43.8 Å². The van der Waals surface area contributed by atoms with E-state index in [4.69, 9.17) is 0 Å². The number of rotatable bonds is 4. The van der Waals surface area contributed by atoms with Gasteiger partial charge in [0.1, 0.15) is 17.7 Å². The molecule has 1 heterocycles. The molecule has 0 aromatic heterocycles. The van der Waals surface area contributed by atoms with Gasteiger partial charge in [-0.3, -0.25) is 9.69 Å². The second-order valence-electron chi connectivity index (χ2n) is 5.79. The Bertz CT molecular complexity index is 696. The Morgan fingerprint density at radius 3 is 1.88 bits per heavy atom. The van der Waals surface area contributed by atoms with Gasteiger partial charge in [0.15, 0.2) is 0 Å². The van der Waals surface area contributed by atoms with Crippen LogP contribution in [-0.2, 0) is 4.79 Å². The van der Waals surface area contributed by atoms with Crippen LogP contribution in [0.25, 0.3) is 0 Å². The van der Waals surface area contributed by atoms with Crippen molar-refractivity contribution >= 4 is 11.7 Å². The number of carboxylic acid groups (broad SMARTS) is 1. The van der Waals surface area contributed by atoms with Gasteiger partial charge in [-0.1, -0.05) is 12.1 Å². The average molecular weight is 332 g/mol. The smallest absolute Gasteiger partial charge is 0.325 e. The lowest BCUT2D eigenvalue weighted by atomic mass is 10.0. The summed E-state index contributed by atoms with van der Waals surface area (Å²) in [6.45, 7) is 2.42. The third-order valence-electron chi connectivity index (χ3n) is 4.29. The number of carbonyl (C=O) groups is 1. The monoisotopic (exact) mass is 332 g/mol. The number of carboxylic acids is 1. The molecule has 4 nitrogen and oxygen atoms in total. The summed E-state index contributed by atoms with van der Waals surface area (Å²) in [5.41, 5.74) is 1.49. The molecule has 0 radical (unpaired) electrons. The van der Waals surface area contributed by atoms with Crippen LogP contribution in [0.3, 0.4) is 0 Å². The van der Waals surface area contributed by atoms with Crippen LogP contribution >= 0.6 is 0 Å². The van der Waals surface area contributed by atoms with E-state index in [9.17, 15) is 18.7 Å². The van der Waals surface area contributed by atoms with Crippen LogP contribution in [0.2, 0.25) is 0 Å². The molecular formula is C18H18F2N2O2. The maximum atomic E-state index is 13.1. The second kappa shape index (κ2) is 6.97. The van der Waals surface area contributed by atoms with Crippen LogP contribution in [-0.4, -0.2) is 42.2 Å². The highest BCUT2D eigenvalue weighted by Gasteiger charge is 2.30.